The highest BCUT2D eigenvalue weighted by Gasteiger charge is 2.46. The molecule has 2 aliphatic rings. The van der Waals surface area contributed by atoms with Gasteiger partial charge in [0.2, 0.25) is 0 Å². The zero-order valence-corrected chi connectivity index (χ0v) is 17.9. The Morgan fingerprint density at radius 3 is 2.61 bits per heavy atom. The van der Waals surface area contributed by atoms with Gasteiger partial charge in [0.05, 0.1) is 24.3 Å². The number of methoxy groups -OCH3 is 1. The van der Waals surface area contributed by atoms with Crippen LogP contribution in [-0.4, -0.2) is 48.6 Å². The highest BCUT2D eigenvalue weighted by atomic mass is 35.5. The van der Waals surface area contributed by atoms with Crippen LogP contribution >= 0.6 is 11.6 Å². The van der Waals surface area contributed by atoms with Crippen LogP contribution in [0.3, 0.4) is 0 Å². The first-order valence-electron chi connectivity index (χ1n) is 9.98. The first kappa shape index (κ1) is 21.1. The van der Waals surface area contributed by atoms with Gasteiger partial charge in [-0.1, -0.05) is 24.6 Å². The van der Waals surface area contributed by atoms with Crippen LogP contribution in [0.5, 0.6) is 17.2 Å². The highest BCUT2D eigenvalue weighted by Crippen LogP contribution is 2.43. The van der Waals surface area contributed by atoms with Crippen LogP contribution in [0, 0.1) is 0 Å². The number of rotatable bonds is 5. The van der Waals surface area contributed by atoms with Gasteiger partial charge in [-0.25, -0.2) is 0 Å². The second-order valence-corrected chi connectivity index (χ2v) is 7.68. The number of Topliss-reactive ketones (excluding diaryl/α,β-unsaturated/α-hetero) is 1. The molecule has 2 aromatic rings. The van der Waals surface area contributed by atoms with E-state index in [1.165, 1.54) is 18.1 Å². The second kappa shape index (κ2) is 8.51. The number of nitrogens with zero attached hydrogens (tertiary/aromatic N) is 1. The molecule has 7 nitrogen and oxygen atoms in total. The zero-order valence-electron chi connectivity index (χ0n) is 17.2. The van der Waals surface area contributed by atoms with Crippen LogP contribution < -0.4 is 14.2 Å². The number of ketones is 1. The summed E-state index contributed by atoms with van der Waals surface area (Å²) in [6.07, 6.45) is 0.647. The minimum atomic E-state index is -0.778. The number of hydrogen-bond acceptors (Lipinski definition) is 6. The Hall–Kier alpha value is -3.19. The third kappa shape index (κ3) is 3.70. The lowest BCUT2D eigenvalue weighted by Crippen LogP contribution is -2.30. The SMILES string of the molecule is CCCN1C(=O)C(=O)/C(=C(/O)c2cc(Cl)ccc2OC)C1c1ccc2c(c1)OCCO2. The second-order valence-electron chi connectivity index (χ2n) is 7.24. The molecule has 0 radical (unpaired) electrons. The summed E-state index contributed by atoms with van der Waals surface area (Å²) in [4.78, 5) is 27.3. The number of carbonyl (C=O) groups excluding carboxylic acids is 2. The molecule has 0 aliphatic carbocycles. The Bertz CT molecular complexity index is 1080. The van der Waals surface area contributed by atoms with Crippen LogP contribution in [0.25, 0.3) is 5.76 Å². The largest absolute Gasteiger partial charge is 0.507 e. The van der Waals surface area contributed by atoms with Crippen molar-refractivity contribution in [3.8, 4) is 17.2 Å². The summed E-state index contributed by atoms with van der Waals surface area (Å²) in [7, 11) is 1.45. The Kier molecular flexibility index (Phi) is 5.78. The first-order chi connectivity index (χ1) is 15.0. The molecule has 31 heavy (non-hydrogen) atoms. The van der Waals surface area contributed by atoms with Crippen molar-refractivity contribution in [2.45, 2.75) is 19.4 Å². The summed E-state index contributed by atoms with van der Waals surface area (Å²) < 4.78 is 16.6. The summed E-state index contributed by atoms with van der Waals surface area (Å²) in [5.41, 5.74) is 0.863. The van der Waals surface area contributed by atoms with Gasteiger partial charge in [0, 0.05) is 11.6 Å². The molecule has 1 unspecified atom stereocenters. The molecule has 162 valence electrons. The number of aliphatic hydroxyl groups is 1. The van der Waals surface area contributed by atoms with E-state index in [-0.39, 0.29) is 16.9 Å². The lowest BCUT2D eigenvalue weighted by atomic mass is 9.94. The van der Waals surface area contributed by atoms with Crippen molar-refractivity contribution in [2.75, 3.05) is 26.9 Å². The van der Waals surface area contributed by atoms with Gasteiger partial charge in [0.15, 0.2) is 11.5 Å². The van der Waals surface area contributed by atoms with Gasteiger partial charge in [0.25, 0.3) is 11.7 Å². The molecule has 0 bridgehead atoms. The van der Waals surface area contributed by atoms with Crippen LogP contribution in [0.2, 0.25) is 5.02 Å². The van der Waals surface area contributed by atoms with Crippen molar-refractivity contribution in [1.82, 2.24) is 4.90 Å². The third-order valence-corrected chi connectivity index (χ3v) is 5.54. The fourth-order valence-electron chi connectivity index (χ4n) is 3.94. The Morgan fingerprint density at radius 1 is 1.16 bits per heavy atom. The summed E-state index contributed by atoms with van der Waals surface area (Å²) in [6.45, 7) is 3.13. The molecule has 1 saturated heterocycles. The molecular formula is C23H22ClNO6. The number of halogens is 1. The van der Waals surface area contributed by atoms with Crippen LogP contribution in [0.15, 0.2) is 42.0 Å². The fraction of sp³-hybridized carbons (Fsp3) is 0.304. The van der Waals surface area contributed by atoms with E-state index >= 15 is 0 Å². The molecule has 1 amide bonds. The quantitative estimate of drug-likeness (QED) is 0.428. The van der Waals surface area contributed by atoms with Gasteiger partial charge in [-0.2, -0.15) is 0 Å². The monoisotopic (exact) mass is 443 g/mol. The topological polar surface area (TPSA) is 85.3 Å². The van der Waals surface area contributed by atoms with E-state index in [1.807, 2.05) is 6.92 Å². The predicted molar refractivity (Wildman–Crippen MR) is 115 cm³/mol. The number of ether oxygens (including phenoxy) is 3. The van der Waals surface area contributed by atoms with E-state index in [0.717, 1.165) is 0 Å². The van der Waals surface area contributed by atoms with E-state index in [4.69, 9.17) is 25.8 Å². The van der Waals surface area contributed by atoms with Crippen LogP contribution in [0.1, 0.15) is 30.5 Å². The molecule has 2 aromatic carbocycles. The Morgan fingerprint density at radius 2 is 1.90 bits per heavy atom. The maximum atomic E-state index is 13.0. The number of aliphatic hydroxyl groups excluding tert-OH is 1. The van der Waals surface area contributed by atoms with Crippen molar-refractivity contribution in [3.05, 3.63) is 58.1 Å². The number of hydrogen-bond donors (Lipinski definition) is 1. The molecule has 0 aromatic heterocycles. The predicted octanol–water partition coefficient (Wildman–Crippen LogP) is 3.95. The van der Waals surface area contributed by atoms with E-state index < -0.39 is 17.7 Å². The number of carbonyl (C=O) groups is 2. The summed E-state index contributed by atoms with van der Waals surface area (Å²) in [6, 6.07) is 9.20. The molecule has 1 N–H and O–H groups in total. The normalized spacial score (nSPS) is 19.6. The number of amides is 1. The summed E-state index contributed by atoms with van der Waals surface area (Å²) >= 11 is 6.12. The minimum absolute atomic E-state index is 0.0179. The summed E-state index contributed by atoms with van der Waals surface area (Å²) in [5, 5.41) is 11.5. The van der Waals surface area contributed by atoms with Gasteiger partial charge in [-0.3, -0.25) is 9.59 Å². The first-order valence-corrected chi connectivity index (χ1v) is 10.4. The molecule has 0 spiro atoms. The number of likely N-dealkylation sites (tertiary alicyclic amines) is 1. The van der Waals surface area contributed by atoms with Gasteiger partial charge in [-0.05, 0) is 42.3 Å². The van der Waals surface area contributed by atoms with Crippen molar-refractivity contribution >= 4 is 29.1 Å². The Balaban J connectivity index is 1.91. The van der Waals surface area contributed by atoms with Crippen molar-refractivity contribution in [1.29, 1.82) is 0 Å². The highest BCUT2D eigenvalue weighted by molar-refractivity contribution is 6.46. The van der Waals surface area contributed by atoms with E-state index in [0.29, 0.717) is 54.0 Å². The van der Waals surface area contributed by atoms with Gasteiger partial charge >= 0.3 is 0 Å². The lowest BCUT2D eigenvalue weighted by Gasteiger charge is -2.26. The van der Waals surface area contributed by atoms with Crippen molar-refractivity contribution in [3.63, 3.8) is 0 Å². The standard InChI is InChI=1S/C23H22ClNO6/c1-3-8-25-20(13-4-6-17-18(11-13)31-10-9-30-17)19(22(27)23(25)28)21(26)15-12-14(24)5-7-16(15)29-2/h4-7,11-12,20,26H,3,8-10H2,1-2H3/b21-19+. The number of fused-ring (bicyclic) bond motifs is 1. The number of benzene rings is 2. The van der Waals surface area contributed by atoms with E-state index in [2.05, 4.69) is 0 Å². The van der Waals surface area contributed by atoms with Crippen molar-refractivity contribution in [2.24, 2.45) is 0 Å². The van der Waals surface area contributed by atoms with Gasteiger partial charge in [-0.15, -0.1) is 0 Å². The molecule has 2 heterocycles. The molecule has 1 atom stereocenters. The van der Waals surface area contributed by atoms with Crippen molar-refractivity contribution < 1.29 is 28.9 Å². The van der Waals surface area contributed by atoms with Crippen LogP contribution in [-0.2, 0) is 9.59 Å². The van der Waals surface area contributed by atoms with E-state index in [1.54, 1.807) is 30.3 Å². The van der Waals surface area contributed by atoms with Gasteiger partial charge < -0.3 is 24.2 Å². The third-order valence-electron chi connectivity index (χ3n) is 5.30. The average Bonchev–Trinajstić information content (AvgIpc) is 3.03. The molecule has 4 rings (SSSR count). The maximum Gasteiger partial charge on any atom is 0.295 e. The van der Waals surface area contributed by atoms with Gasteiger partial charge in [0.1, 0.15) is 24.7 Å². The van der Waals surface area contributed by atoms with Crippen LogP contribution in [0.4, 0.5) is 0 Å². The lowest BCUT2D eigenvalue weighted by molar-refractivity contribution is -0.139. The fourth-order valence-corrected chi connectivity index (χ4v) is 4.11. The van der Waals surface area contributed by atoms with E-state index in [9.17, 15) is 14.7 Å². The maximum absolute atomic E-state index is 13.0. The molecule has 0 saturated carbocycles. The Labute approximate surface area is 184 Å². The average molecular weight is 444 g/mol. The molecule has 1 fully saturated rings. The smallest absolute Gasteiger partial charge is 0.295 e. The minimum Gasteiger partial charge on any atom is -0.507 e. The summed E-state index contributed by atoms with van der Waals surface area (Å²) in [5.74, 6) is -0.289. The molecule has 8 heteroatoms. The zero-order chi connectivity index (χ0) is 22.1. The molecular weight excluding hydrogens is 422 g/mol. The molecule has 2 aliphatic heterocycles.